The number of ether oxygens (including phenoxy) is 1. The molecule has 0 aliphatic rings. The quantitative estimate of drug-likeness (QED) is 0.723. The predicted molar refractivity (Wildman–Crippen MR) is 84.5 cm³/mol. The molecule has 0 spiro atoms. The number of aromatic nitrogens is 1. The number of hydrogen-bond donors (Lipinski definition) is 0. The topological polar surface area (TPSA) is 42.4 Å². The van der Waals surface area contributed by atoms with Crippen LogP contribution in [0.3, 0.4) is 0 Å². The highest BCUT2D eigenvalue weighted by Crippen LogP contribution is 2.29. The van der Waals surface area contributed by atoms with Crippen molar-refractivity contribution < 1.29 is 9.53 Å². The van der Waals surface area contributed by atoms with Crippen molar-refractivity contribution in [2.75, 3.05) is 25.1 Å². The monoisotopic (exact) mass is 298 g/mol. The molecule has 0 saturated carbocycles. The average Bonchev–Trinajstić information content (AvgIpc) is 2.86. The van der Waals surface area contributed by atoms with Gasteiger partial charge in [-0.1, -0.05) is 13.8 Å². The zero-order valence-electron chi connectivity index (χ0n) is 13.4. The molecule has 1 aromatic heterocycles. The van der Waals surface area contributed by atoms with E-state index in [2.05, 4.69) is 23.7 Å². The highest BCUT2D eigenvalue weighted by Gasteiger charge is 2.34. The molecule has 0 atom stereocenters. The van der Waals surface area contributed by atoms with Crippen LogP contribution >= 0.6 is 11.3 Å². The first-order valence-electron chi connectivity index (χ1n) is 7.13. The molecular formula is C15H26N2O2S. The van der Waals surface area contributed by atoms with E-state index >= 15 is 0 Å². The summed E-state index contributed by atoms with van der Waals surface area (Å²) >= 11 is 1.58. The van der Waals surface area contributed by atoms with Crippen LogP contribution in [-0.2, 0) is 14.9 Å². The van der Waals surface area contributed by atoms with E-state index in [0.29, 0.717) is 12.5 Å². The number of rotatable bonds is 7. The smallest absolute Gasteiger partial charge is 0.317 e. The predicted octanol–water partition coefficient (Wildman–Crippen LogP) is 3.47. The largest absolute Gasteiger partial charge is 0.465 e. The van der Waals surface area contributed by atoms with E-state index in [0.717, 1.165) is 23.8 Å². The lowest BCUT2D eigenvalue weighted by atomic mass is 9.90. The molecule has 0 fully saturated rings. The fourth-order valence-corrected chi connectivity index (χ4v) is 2.68. The van der Waals surface area contributed by atoms with Crippen molar-refractivity contribution in [1.29, 1.82) is 0 Å². The summed E-state index contributed by atoms with van der Waals surface area (Å²) in [5, 5.41) is 2.91. The van der Waals surface area contributed by atoms with Crippen molar-refractivity contribution in [1.82, 2.24) is 4.98 Å². The van der Waals surface area contributed by atoms with E-state index in [9.17, 15) is 4.79 Å². The molecule has 1 aromatic rings. The molecule has 0 N–H and O–H groups in total. The molecule has 0 aliphatic carbocycles. The van der Waals surface area contributed by atoms with Gasteiger partial charge in [-0.15, -0.1) is 11.3 Å². The zero-order chi connectivity index (χ0) is 15.3. The number of anilines is 1. The summed E-state index contributed by atoms with van der Waals surface area (Å²) in [6.45, 7) is 11.3. The molecular weight excluding hydrogens is 272 g/mol. The Hall–Kier alpha value is -1.10. The maximum atomic E-state index is 12.0. The van der Waals surface area contributed by atoms with Crippen LogP contribution < -0.4 is 4.90 Å². The lowest BCUT2D eigenvalue weighted by Crippen LogP contribution is -2.31. The summed E-state index contributed by atoms with van der Waals surface area (Å²) < 4.78 is 5.12. The SMILES string of the molecule is CCOC(=O)C(C)(C)c1csc(N(C)CCC(C)C)n1. The molecule has 1 rings (SSSR count). The fourth-order valence-electron chi connectivity index (χ4n) is 1.69. The second-order valence-corrected chi connectivity index (χ2v) is 6.80. The van der Waals surface area contributed by atoms with Crippen molar-refractivity contribution in [2.24, 2.45) is 5.92 Å². The third kappa shape index (κ3) is 4.20. The Labute approximate surface area is 126 Å². The first-order chi connectivity index (χ1) is 9.28. The zero-order valence-corrected chi connectivity index (χ0v) is 14.2. The second-order valence-electron chi connectivity index (χ2n) is 5.96. The van der Waals surface area contributed by atoms with E-state index in [1.54, 1.807) is 11.3 Å². The van der Waals surface area contributed by atoms with Crippen LogP contribution in [-0.4, -0.2) is 31.2 Å². The Balaban J connectivity index is 2.78. The van der Waals surface area contributed by atoms with Crippen molar-refractivity contribution in [2.45, 2.75) is 46.5 Å². The second kappa shape index (κ2) is 7.07. The molecule has 20 heavy (non-hydrogen) atoms. The fraction of sp³-hybridized carbons (Fsp3) is 0.733. The molecule has 114 valence electrons. The summed E-state index contributed by atoms with van der Waals surface area (Å²) in [6, 6.07) is 0. The molecule has 0 saturated heterocycles. The average molecular weight is 298 g/mol. The number of thiazole rings is 1. The van der Waals surface area contributed by atoms with Crippen LogP contribution in [0.1, 0.15) is 46.7 Å². The van der Waals surface area contributed by atoms with Crippen molar-refractivity contribution >= 4 is 22.4 Å². The Bertz CT molecular complexity index is 441. The van der Waals surface area contributed by atoms with Gasteiger partial charge in [0.25, 0.3) is 0 Å². The molecule has 0 unspecified atom stereocenters. The van der Waals surface area contributed by atoms with Crippen LogP contribution in [0, 0.1) is 5.92 Å². The van der Waals surface area contributed by atoms with Crippen molar-refractivity contribution in [3.8, 4) is 0 Å². The number of carbonyl (C=O) groups is 1. The molecule has 4 nitrogen and oxygen atoms in total. The van der Waals surface area contributed by atoms with E-state index < -0.39 is 5.41 Å². The normalized spacial score (nSPS) is 11.8. The van der Waals surface area contributed by atoms with Gasteiger partial charge in [0.05, 0.1) is 12.3 Å². The molecule has 1 heterocycles. The minimum atomic E-state index is -0.691. The van der Waals surface area contributed by atoms with Crippen LogP contribution in [0.25, 0.3) is 0 Å². The van der Waals surface area contributed by atoms with Gasteiger partial charge in [0.1, 0.15) is 5.41 Å². The lowest BCUT2D eigenvalue weighted by Gasteiger charge is -2.20. The number of nitrogens with zero attached hydrogens (tertiary/aromatic N) is 2. The Kier molecular flexibility index (Phi) is 5.99. The van der Waals surface area contributed by atoms with Gasteiger partial charge in [0, 0.05) is 19.0 Å². The first-order valence-corrected chi connectivity index (χ1v) is 8.01. The summed E-state index contributed by atoms with van der Waals surface area (Å²) in [5.41, 5.74) is 0.0938. The molecule has 5 heteroatoms. The van der Waals surface area contributed by atoms with Crippen LogP contribution in [0.4, 0.5) is 5.13 Å². The van der Waals surface area contributed by atoms with Gasteiger partial charge < -0.3 is 9.64 Å². The Morgan fingerprint density at radius 2 is 2.15 bits per heavy atom. The van der Waals surface area contributed by atoms with E-state index in [1.165, 1.54) is 0 Å². The van der Waals surface area contributed by atoms with Crippen LogP contribution in [0.15, 0.2) is 5.38 Å². The summed E-state index contributed by atoms with van der Waals surface area (Å²) in [7, 11) is 2.04. The van der Waals surface area contributed by atoms with Gasteiger partial charge in [0.2, 0.25) is 0 Å². The number of carbonyl (C=O) groups excluding carboxylic acids is 1. The number of hydrogen-bond acceptors (Lipinski definition) is 5. The summed E-state index contributed by atoms with van der Waals surface area (Å²) in [6.07, 6.45) is 1.13. The Morgan fingerprint density at radius 1 is 1.50 bits per heavy atom. The van der Waals surface area contributed by atoms with Crippen LogP contribution in [0.2, 0.25) is 0 Å². The van der Waals surface area contributed by atoms with E-state index in [4.69, 9.17) is 4.74 Å². The number of esters is 1. The molecule has 0 aromatic carbocycles. The van der Waals surface area contributed by atoms with Gasteiger partial charge in [-0.3, -0.25) is 4.79 Å². The molecule has 0 amide bonds. The lowest BCUT2D eigenvalue weighted by molar-refractivity contribution is -0.148. The van der Waals surface area contributed by atoms with Gasteiger partial charge >= 0.3 is 5.97 Å². The van der Waals surface area contributed by atoms with Crippen molar-refractivity contribution in [3.05, 3.63) is 11.1 Å². The summed E-state index contributed by atoms with van der Waals surface area (Å²) in [5.74, 6) is 0.453. The highest BCUT2D eigenvalue weighted by atomic mass is 32.1. The van der Waals surface area contributed by atoms with Gasteiger partial charge in [-0.2, -0.15) is 0 Å². The minimum absolute atomic E-state index is 0.221. The van der Waals surface area contributed by atoms with Gasteiger partial charge in [0.15, 0.2) is 5.13 Å². The molecule has 0 radical (unpaired) electrons. The molecule has 0 bridgehead atoms. The standard InChI is InChI=1S/C15H26N2O2S/c1-7-19-13(18)15(4,5)12-10-20-14(16-12)17(6)9-8-11(2)3/h10-11H,7-9H2,1-6H3. The maximum Gasteiger partial charge on any atom is 0.317 e. The van der Waals surface area contributed by atoms with Crippen LogP contribution in [0.5, 0.6) is 0 Å². The third-order valence-electron chi connectivity index (χ3n) is 3.29. The van der Waals surface area contributed by atoms with E-state index in [1.807, 2.05) is 33.2 Å². The third-order valence-corrected chi connectivity index (χ3v) is 4.24. The van der Waals surface area contributed by atoms with Gasteiger partial charge in [-0.05, 0) is 33.1 Å². The van der Waals surface area contributed by atoms with Gasteiger partial charge in [-0.25, -0.2) is 4.98 Å². The maximum absolute atomic E-state index is 12.0. The molecule has 0 aliphatic heterocycles. The Morgan fingerprint density at radius 3 is 2.70 bits per heavy atom. The first kappa shape index (κ1) is 17.0. The minimum Gasteiger partial charge on any atom is -0.465 e. The highest BCUT2D eigenvalue weighted by molar-refractivity contribution is 7.13. The van der Waals surface area contributed by atoms with Crippen molar-refractivity contribution in [3.63, 3.8) is 0 Å². The van der Waals surface area contributed by atoms with E-state index in [-0.39, 0.29) is 5.97 Å². The summed E-state index contributed by atoms with van der Waals surface area (Å²) in [4.78, 5) is 18.7.